The molecule has 0 bridgehead atoms. The van der Waals surface area contributed by atoms with E-state index in [0.717, 1.165) is 23.7 Å². The van der Waals surface area contributed by atoms with Crippen molar-refractivity contribution in [3.63, 3.8) is 0 Å². The Morgan fingerprint density at radius 3 is 2.93 bits per heavy atom. The number of ether oxygens (including phenoxy) is 1. The number of piperidine rings is 1. The first-order valence-corrected chi connectivity index (χ1v) is 8.88. The fourth-order valence-corrected chi connectivity index (χ4v) is 3.33. The molecule has 7 nitrogen and oxygen atoms in total. The summed E-state index contributed by atoms with van der Waals surface area (Å²) in [4.78, 5) is 26.7. The number of nitrogens with one attached hydrogen (secondary N) is 2. The highest BCUT2D eigenvalue weighted by Crippen LogP contribution is 2.33. The van der Waals surface area contributed by atoms with Gasteiger partial charge in [0.15, 0.2) is 0 Å². The maximum atomic E-state index is 12.6. The molecule has 2 amide bonds. The van der Waals surface area contributed by atoms with Gasteiger partial charge < -0.3 is 15.0 Å². The molecule has 0 atom stereocenters. The van der Waals surface area contributed by atoms with Gasteiger partial charge in [-0.2, -0.15) is 5.10 Å². The van der Waals surface area contributed by atoms with Crippen LogP contribution in [0.25, 0.3) is 10.9 Å². The van der Waals surface area contributed by atoms with E-state index in [1.54, 1.807) is 48.5 Å². The lowest BCUT2D eigenvalue weighted by atomic mass is 10.1. The van der Waals surface area contributed by atoms with Gasteiger partial charge >= 0.3 is 0 Å². The van der Waals surface area contributed by atoms with Crippen LogP contribution in [-0.4, -0.2) is 35.7 Å². The Hall–Kier alpha value is -3.35. The minimum Gasteiger partial charge on any atom is -0.495 e. The second-order valence-corrected chi connectivity index (χ2v) is 6.52. The average molecular weight is 364 g/mol. The number of nitrogens with zero attached hydrogens (tertiary/aromatic N) is 2. The van der Waals surface area contributed by atoms with Gasteiger partial charge in [0.25, 0.3) is 5.91 Å². The first kappa shape index (κ1) is 17.1. The standard InChI is InChI=1S/C20H20N4O3/c1-27-18-8-6-15(11-17(18)24-9-3-2-4-19(24)25)22-20(26)13-5-7-16-14(10-13)12-21-23-16/h5-8,10-12H,2-4,9H2,1H3,(H,21,23)(H,22,26). The van der Waals surface area contributed by atoms with Crippen LogP contribution < -0.4 is 15.0 Å². The van der Waals surface area contributed by atoms with Crippen molar-refractivity contribution in [1.82, 2.24) is 10.2 Å². The Labute approximate surface area is 156 Å². The number of fused-ring (bicyclic) bond motifs is 1. The molecule has 0 saturated carbocycles. The summed E-state index contributed by atoms with van der Waals surface area (Å²) >= 11 is 0. The summed E-state index contributed by atoms with van der Waals surface area (Å²) in [5, 5.41) is 10.6. The number of hydrogen-bond donors (Lipinski definition) is 2. The van der Waals surface area contributed by atoms with Crippen LogP contribution in [0.5, 0.6) is 5.75 Å². The molecule has 4 rings (SSSR count). The number of carbonyl (C=O) groups is 2. The van der Waals surface area contributed by atoms with Gasteiger partial charge in [-0.05, 0) is 49.2 Å². The maximum Gasteiger partial charge on any atom is 0.255 e. The van der Waals surface area contributed by atoms with Crippen LogP contribution in [0.2, 0.25) is 0 Å². The van der Waals surface area contributed by atoms with Gasteiger partial charge in [-0.3, -0.25) is 14.7 Å². The molecule has 0 radical (unpaired) electrons. The van der Waals surface area contributed by atoms with E-state index >= 15 is 0 Å². The third-order valence-electron chi connectivity index (χ3n) is 4.75. The molecule has 1 aliphatic heterocycles. The molecule has 1 aliphatic rings. The van der Waals surface area contributed by atoms with E-state index in [1.807, 2.05) is 6.07 Å². The fraction of sp³-hybridized carbons (Fsp3) is 0.250. The van der Waals surface area contributed by atoms with Crippen molar-refractivity contribution in [1.29, 1.82) is 0 Å². The van der Waals surface area contributed by atoms with Crippen LogP contribution in [0.4, 0.5) is 11.4 Å². The zero-order valence-electron chi connectivity index (χ0n) is 15.0. The molecule has 27 heavy (non-hydrogen) atoms. The molecule has 138 valence electrons. The molecule has 2 N–H and O–H groups in total. The van der Waals surface area contributed by atoms with E-state index in [0.29, 0.717) is 35.7 Å². The largest absolute Gasteiger partial charge is 0.495 e. The molecule has 0 unspecified atom stereocenters. The quantitative estimate of drug-likeness (QED) is 0.743. The number of benzene rings is 2. The zero-order chi connectivity index (χ0) is 18.8. The van der Waals surface area contributed by atoms with E-state index in [1.165, 1.54) is 0 Å². The summed E-state index contributed by atoms with van der Waals surface area (Å²) in [6.07, 6.45) is 4.07. The Morgan fingerprint density at radius 2 is 2.11 bits per heavy atom. The number of aromatic nitrogens is 2. The van der Waals surface area contributed by atoms with Gasteiger partial charge in [0.1, 0.15) is 5.75 Å². The predicted molar refractivity (Wildman–Crippen MR) is 103 cm³/mol. The van der Waals surface area contributed by atoms with Crippen LogP contribution in [0.1, 0.15) is 29.6 Å². The fourth-order valence-electron chi connectivity index (χ4n) is 3.33. The van der Waals surface area contributed by atoms with Crippen molar-refractivity contribution >= 4 is 34.1 Å². The molecule has 3 aromatic rings. The monoisotopic (exact) mass is 364 g/mol. The number of anilines is 2. The van der Waals surface area contributed by atoms with Crippen molar-refractivity contribution in [2.24, 2.45) is 0 Å². The average Bonchev–Trinajstić information content (AvgIpc) is 3.16. The number of methoxy groups -OCH3 is 1. The zero-order valence-corrected chi connectivity index (χ0v) is 15.0. The van der Waals surface area contributed by atoms with Crippen molar-refractivity contribution < 1.29 is 14.3 Å². The molecule has 0 aliphatic carbocycles. The van der Waals surface area contributed by atoms with E-state index in [2.05, 4.69) is 15.5 Å². The molecular weight excluding hydrogens is 344 g/mol. The van der Waals surface area contributed by atoms with Gasteiger partial charge in [-0.1, -0.05) is 0 Å². The van der Waals surface area contributed by atoms with E-state index in [-0.39, 0.29) is 11.8 Å². The van der Waals surface area contributed by atoms with Gasteiger partial charge in [0.2, 0.25) is 5.91 Å². The maximum absolute atomic E-state index is 12.6. The predicted octanol–water partition coefficient (Wildman–Crippen LogP) is 3.34. The number of amides is 2. The van der Waals surface area contributed by atoms with Crippen molar-refractivity contribution in [3.05, 3.63) is 48.2 Å². The Morgan fingerprint density at radius 1 is 1.22 bits per heavy atom. The minimum atomic E-state index is -0.223. The number of rotatable bonds is 4. The van der Waals surface area contributed by atoms with Gasteiger partial charge in [0, 0.05) is 29.6 Å². The molecule has 1 aromatic heterocycles. The van der Waals surface area contributed by atoms with Gasteiger partial charge in [-0.25, -0.2) is 0 Å². The molecule has 2 aromatic carbocycles. The lowest BCUT2D eigenvalue weighted by molar-refractivity contribution is -0.119. The third-order valence-corrected chi connectivity index (χ3v) is 4.75. The minimum absolute atomic E-state index is 0.0773. The van der Waals surface area contributed by atoms with Gasteiger partial charge in [0.05, 0.1) is 24.5 Å². The van der Waals surface area contributed by atoms with Crippen molar-refractivity contribution in [2.45, 2.75) is 19.3 Å². The van der Waals surface area contributed by atoms with Gasteiger partial charge in [-0.15, -0.1) is 0 Å². The second-order valence-electron chi connectivity index (χ2n) is 6.52. The summed E-state index contributed by atoms with van der Waals surface area (Å²) in [6, 6.07) is 10.7. The van der Waals surface area contributed by atoms with Crippen molar-refractivity contribution in [3.8, 4) is 5.75 Å². The molecule has 1 saturated heterocycles. The van der Waals surface area contributed by atoms with Crippen LogP contribution in [0.3, 0.4) is 0 Å². The van der Waals surface area contributed by atoms with E-state index in [9.17, 15) is 9.59 Å². The summed E-state index contributed by atoms with van der Waals surface area (Å²) in [5.41, 5.74) is 2.71. The highest BCUT2D eigenvalue weighted by atomic mass is 16.5. The van der Waals surface area contributed by atoms with Crippen molar-refractivity contribution in [2.75, 3.05) is 23.9 Å². The topological polar surface area (TPSA) is 87.3 Å². The number of carbonyl (C=O) groups excluding carboxylic acids is 2. The first-order valence-electron chi connectivity index (χ1n) is 8.88. The Bertz CT molecular complexity index is 1010. The van der Waals surface area contributed by atoms with Crippen LogP contribution >= 0.6 is 0 Å². The summed E-state index contributed by atoms with van der Waals surface area (Å²) in [7, 11) is 1.58. The Balaban J connectivity index is 1.60. The number of H-pyrrole nitrogens is 1. The lowest BCUT2D eigenvalue weighted by Crippen LogP contribution is -2.35. The highest BCUT2D eigenvalue weighted by Gasteiger charge is 2.23. The summed E-state index contributed by atoms with van der Waals surface area (Å²) < 4.78 is 5.41. The molecule has 0 spiro atoms. The summed E-state index contributed by atoms with van der Waals surface area (Å²) in [5.74, 6) is 0.468. The summed E-state index contributed by atoms with van der Waals surface area (Å²) in [6.45, 7) is 0.656. The normalized spacial score (nSPS) is 14.4. The molecule has 1 fully saturated rings. The highest BCUT2D eigenvalue weighted by molar-refractivity contribution is 6.06. The lowest BCUT2D eigenvalue weighted by Gasteiger charge is -2.28. The first-order chi connectivity index (χ1) is 13.2. The van der Waals surface area contributed by atoms with Crippen LogP contribution in [0.15, 0.2) is 42.6 Å². The number of aromatic amines is 1. The Kier molecular flexibility index (Phi) is 4.50. The number of hydrogen-bond acceptors (Lipinski definition) is 4. The van der Waals surface area contributed by atoms with E-state index in [4.69, 9.17) is 4.74 Å². The smallest absolute Gasteiger partial charge is 0.255 e. The van der Waals surface area contributed by atoms with Crippen LogP contribution in [0, 0.1) is 0 Å². The molecule has 2 heterocycles. The van der Waals surface area contributed by atoms with E-state index < -0.39 is 0 Å². The second kappa shape index (κ2) is 7.11. The third kappa shape index (κ3) is 3.36. The van der Waals surface area contributed by atoms with Crippen LogP contribution in [-0.2, 0) is 4.79 Å². The molecule has 7 heteroatoms. The molecular formula is C20H20N4O3. The SMILES string of the molecule is COc1ccc(NC(=O)c2ccc3[nH]ncc3c2)cc1N1CCCCC1=O.